The SMILES string of the molecule is N#Cc1cc(C(F)(F)F)ccc1-c1cc(-n2c3ccccc3c3ccc(-c4cc(C(F)(F)F)cc(C(F)(F)F)c4)cc32)c(C#N)cc1-n1c2ccccc2c2ccc(-c3cc(C(F)(F)F)cc(C(F)(F)F)c3)cc21. The summed E-state index contributed by atoms with van der Waals surface area (Å²) in [6, 6.07) is 32.1. The van der Waals surface area contributed by atoms with Gasteiger partial charge in [-0.25, -0.2) is 0 Å². The van der Waals surface area contributed by atoms with Crippen molar-refractivity contribution in [2.75, 3.05) is 0 Å². The van der Waals surface area contributed by atoms with Gasteiger partial charge in [-0.3, -0.25) is 0 Å². The third-order valence-corrected chi connectivity index (χ3v) is 12.7. The number of aromatic nitrogens is 2. The molecule has 0 saturated heterocycles. The minimum absolute atomic E-state index is 0.0185. The second-order valence-electron chi connectivity index (χ2n) is 17.1. The van der Waals surface area contributed by atoms with Gasteiger partial charge in [0.15, 0.2) is 0 Å². The highest BCUT2D eigenvalue weighted by atomic mass is 19.4. The fourth-order valence-corrected chi connectivity index (χ4v) is 9.36. The summed E-state index contributed by atoms with van der Waals surface area (Å²) >= 11 is 0. The highest BCUT2D eigenvalue weighted by Crippen LogP contribution is 2.46. The van der Waals surface area contributed by atoms with E-state index in [4.69, 9.17) is 0 Å². The van der Waals surface area contributed by atoms with Crippen molar-refractivity contribution >= 4 is 43.6 Å². The van der Waals surface area contributed by atoms with Crippen molar-refractivity contribution in [2.45, 2.75) is 30.9 Å². The topological polar surface area (TPSA) is 57.4 Å². The van der Waals surface area contributed by atoms with Crippen LogP contribution >= 0.6 is 0 Å². The van der Waals surface area contributed by atoms with Crippen LogP contribution in [0.4, 0.5) is 65.9 Å². The van der Waals surface area contributed by atoms with Crippen LogP contribution in [-0.4, -0.2) is 9.13 Å². The number of hydrogen-bond donors (Lipinski definition) is 0. The van der Waals surface area contributed by atoms with E-state index in [2.05, 4.69) is 6.07 Å². The number of nitrogens with zero attached hydrogens (tertiary/aromatic N) is 4. The summed E-state index contributed by atoms with van der Waals surface area (Å²) in [5.41, 5.74) is -8.85. The normalized spacial score (nSPS) is 12.8. The molecule has 0 aliphatic rings. The molecule has 0 bridgehead atoms. The highest BCUT2D eigenvalue weighted by molar-refractivity contribution is 6.12. The standard InChI is InChI=1S/C55H25F15N4/c56-51(57,58)34-11-14-39(32(19-34)26-71)44-25-47(73-45-7-3-1-5-40(45)42-12-9-28(20-48(42)73)30-15-35(52(59,60)61)23-36(16-30)53(62,63)64)33(27-72)22-50(44)74-46-8-4-2-6-41(46)43-13-10-29(21-49(43)74)31-17-37(54(65,66)67)24-38(18-31)55(68,69)70/h1-25H. The van der Waals surface area contributed by atoms with Crippen molar-refractivity contribution in [3.05, 3.63) is 191 Å². The summed E-state index contributed by atoms with van der Waals surface area (Å²) in [4.78, 5) is 0. The van der Waals surface area contributed by atoms with Gasteiger partial charge in [0.2, 0.25) is 0 Å². The molecule has 10 aromatic rings. The van der Waals surface area contributed by atoms with Gasteiger partial charge < -0.3 is 9.13 Å². The van der Waals surface area contributed by atoms with Crippen molar-refractivity contribution in [3.63, 3.8) is 0 Å². The maximum absolute atomic E-state index is 14.2. The second kappa shape index (κ2) is 16.9. The van der Waals surface area contributed by atoms with E-state index in [-0.39, 0.29) is 62.4 Å². The molecule has 0 amide bonds. The molecule has 2 heterocycles. The van der Waals surface area contributed by atoms with Crippen molar-refractivity contribution in [3.8, 4) is 56.9 Å². The quantitative estimate of drug-likeness (QED) is 0.161. The predicted molar refractivity (Wildman–Crippen MR) is 246 cm³/mol. The molecule has 370 valence electrons. The van der Waals surface area contributed by atoms with Gasteiger partial charge in [0.25, 0.3) is 0 Å². The molecule has 0 spiro atoms. The van der Waals surface area contributed by atoms with Crippen LogP contribution in [0.15, 0.2) is 152 Å². The minimum Gasteiger partial charge on any atom is -0.309 e. The molecule has 19 heteroatoms. The summed E-state index contributed by atoms with van der Waals surface area (Å²) in [6.07, 6.45) is -25.7. The van der Waals surface area contributed by atoms with Gasteiger partial charge in [-0.2, -0.15) is 76.4 Å². The molecule has 0 atom stereocenters. The number of alkyl halides is 15. The molecule has 74 heavy (non-hydrogen) atoms. The Morgan fingerprint density at radius 2 is 0.689 bits per heavy atom. The molecular formula is C55H25F15N4. The fraction of sp³-hybridized carbons (Fsp3) is 0.0909. The van der Waals surface area contributed by atoms with Gasteiger partial charge in [0.1, 0.15) is 6.07 Å². The smallest absolute Gasteiger partial charge is 0.309 e. The van der Waals surface area contributed by atoms with Gasteiger partial charge in [0.05, 0.1) is 78.5 Å². The zero-order valence-electron chi connectivity index (χ0n) is 36.9. The lowest BCUT2D eigenvalue weighted by atomic mass is 9.94. The van der Waals surface area contributed by atoms with Gasteiger partial charge in [-0.1, -0.05) is 66.7 Å². The number of rotatable bonds is 5. The molecular weight excluding hydrogens is 1000 g/mol. The van der Waals surface area contributed by atoms with Gasteiger partial charge in [0, 0.05) is 32.7 Å². The second-order valence-corrected chi connectivity index (χ2v) is 17.1. The Balaban J connectivity index is 1.31. The molecule has 0 saturated carbocycles. The first-order valence-corrected chi connectivity index (χ1v) is 21.6. The van der Waals surface area contributed by atoms with E-state index < -0.39 is 75.4 Å². The summed E-state index contributed by atoms with van der Waals surface area (Å²) in [5.74, 6) is 0. The van der Waals surface area contributed by atoms with Crippen molar-refractivity contribution in [1.29, 1.82) is 10.5 Å². The van der Waals surface area contributed by atoms with Crippen LogP contribution in [0.25, 0.3) is 88.4 Å². The Kier molecular flexibility index (Phi) is 11.2. The average Bonchev–Trinajstić information content (AvgIpc) is 3.86. The zero-order valence-corrected chi connectivity index (χ0v) is 36.9. The van der Waals surface area contributed by atoms with E-state index in [1.165, 1.54) is 57.7 Å². The monoisotopic (exact) mass is 1030 g/mol. The van der Waals surface area contributed by atoms with E-state index in [0.717, 1.165) is 6.07 Å². The van der Waals surface area contributed by atoms with E-state index in [1.54, 1.807) is 54.6 Å². The summed E-state index contributed by atoms with van der Waals surface area (Å²) in [5, 5.41) is 23.3. The third-order valence-electron chi connectivity index (χ3n) is 12.7. The molecule has 8 aromatic carbocycles. The van der Waals surface area contributed by atoms with Gasteiger partial charge in [-0.15, -0.1) is 0 Å². The van der Waals surface area contributed by atoms with Crippen LogP contribution in [0.1, 0.15) is 38.9 Å². The van der Waals surface area contributed by atoms with Crippen LogP contribution < -0.4 is 0 Å². The Bertz CT molecular complexity index is 3970. The van der Waals surface area contributed by atoms with Crippen molar-refractivity contribution in [2.24, 2.45) is 0 Å². The Hall–Kier alpha value is -8.71. The maximum atomic E-state index is 14.2. The molecule has 0 radical (unpaired) electrons. The van der Waals surface area contributed by atoms with E-state index in [0.29, 0.717) is 69.0 Å². The molecule has 4 nitrogen and oxygen atoms in total. The van der Waals surface area contributed by atoms with Gasteiger partial charge in [-0.05, 0) is 107 Å². The Morgan fingerprint density at radius 3 is 1.09 bits per heavy atom. The maximum Gasteiger partial charge on any atom is 0.416 e. The predicted octanol–water partition coefficient (Wildman–Crippen LogP) is 17.7. The largest absolute Gasteiger partial charge is 0.416 e. The van der Waals surface area contributed by atoms with Crippen molar-refractivity contribution < 1.29 is 65.9 Å². The number of benzene rings is 8. The summed E-state index contributed by atoms with van der Waals surface area (Å²) in [6.45, 7) is 0. The molecule has 0 aliphatic carbocycles. The first-order valence-electron chi connectivity index (χ1n) is 21.6. The fourth-order valence-electron chi connectivity index (χ4n) is 9.36. The van der Waals surface area contributed by atoms with E-state index >= 15 is 0 Å². The number of fused-ring (bicyclic) bond motifs is 6. The number of para-hydroxylation sites is 2. The highest BCUT2D eigenvalue weighted by Gasteiger charge is 2.39. The van der Waals surface area contributed by atoms with Crippen LogP contribution in [0.5, 0.6) is 0 Å². The van der Waals surface area contributed by atoms with Gasteiger partial charge >= 0.3 is 30.9 Å². The average molecular weight is 1030 g/mol. The van der Waals surface area contributed by atoms with Crippen molar-refractivity contribution in [1.82, 2.24) is 9.13 Å². The van der Waals surface area contributed by atoms with Crippen LogP contribution in [0.3, 0.4) is 0 Å². The molecule has 0 N–H and O–H groups in total. The first-order chi connectivity index (χ1) is 34.7. The lowest BCUT2D eigenvalue weighted by Crippen LogP contribution is -2.11. The Labute approximate surface area is 406 Å². The summed E-state index contributed by atoms with van der Waals surface area (Å²) in [7, 11) is 0. The number of halogens is 15. The van der Waals surface area contributed by atoms with E-state index in [9.17, 15) is 76.4 Å². The molecule has 0 fully saturated rings. The molecule has 0 unspecified atom stereocenters. The first kappa shape index (κ1) is 48.9. The lowest BCUT2D eigenvalue weighted by Gasteiger charge is -2.20. The van der Waals surface area contributed by atoms with E-state index in [1.807, 2.05) is 0 Å². The zero-order chi connectivity index (χ0) is 53.0. The van der Waals surface area contributed by atoms with Crippen LogP contribution in [0.2, 0.25) is 0 Å². The number of nitriles is 2. The number of hydrogen-bond acceptors (Lipinski definition) is 2. The van der Waals surface area contributed by atoms with Crippen LogP contribution in [-0.2, 0) is 30.9 Å². The minimum atomic E-state index is -5.20. The Morgan fingerprint density at radius 1 is 0.297 bits per heavy atom. The summed E-state index contributed by atoms with van der Waals surface area (Å²) < 4.78 is 215. The molecule has 0 aliphatic heterocycles. The molecule has 10 rings (SSSR count). The van der Waals surface area contributed by atoms with Crippen LogP contribution in [0, 0.1) is 22.7 Å². The third kappa shape index (κ3) is 8.47. The lowest BCUT2D eigenvalue weighted by molar-refractivity contribution is -0.144. The molecule has 2 aromatic heterocycles.